The molecule has 1 atom stereocenters. The van der Waals surface area contributed by atoms with Crippen molar-refractivity contribution in [3.63, 3.8) is 0 Å². The van der Waals surface area contributed by atoms with E-state index in [0.29, 0.717) is 17.9 Å². The number of hydrogen-bond donors (Lipinski definition) is 4. The van der Waals surface area contributed by atoms with Gasteiger partial charge in [-0.05, 0) is 44.0 Å². The number of phenols is 1. The number of aliphatic hydroxyl groups is 1. The van der Waals surface area contributed by atoms with Gasteiger partial charge in [-0.3, -0.25) is 4.79 Å². The maximum absolute atomic E-state index is 11.5. The van der Waals surface area contributed by atoms with Gasteiger partial charge in [0.1, 0.15) is 24.1 Å². The summed E-state index contributed by atoms with van der Waals surface area (Å²) in [7, 11) is 0. The molecule has 2 aromatic rings. The number of hydrogen-bond acceptors (Lipinski definition) is 4. The van der Waals surface area contributed by atoms with Crippen LogP contribution in [0.2, 0.25) is 0 Å². The fourth-order valence-corrected chi connectivity index (χ4v) is 3.37. The molecule has 6 heteroatoms. The Labute approximate surface area is 159 Å². The molecule has 0 aromatic heterocycles. The first-order valence-electron chi connectivity index (χ1n) is 9.12. The van der Waals surface area contributed by atoms with Crippen LogP contribution in [0.3, 0.4) is 0 Å². The van der Waals surface area contributed by atoms with Gasteiger partial charge in [0, 0.05) is 12.0 Å². The number of carbonyl (C=O) groups excluding carboxylic acids is 1. The van der Waals surface area contributed by atoms with E-state index in [0.717, 1.165) is 6.42 Å². The Morgan fingerprint density at radius 1 is 1.26 bits per heavy atom. The van der Waals surface area contributed by atoms with E-state index in [4.69, 9.17) is 4.74 Å². The van der Waals surface area contributed by atoms with E-state index in [2.05, 4.69) is 43.5 Å². The Balaban J connectivity index is 1.71. The van der Waals surface area contributed by atoms with E-state index in [1.807, 2.05) is 12.1 Å². The van der Waals surface area contributed by atoms with Gasteiger partial charge < -0.3 is 25.6 Å². The lowest BCUT2D eigenvalue weighted by Gasteiger charge is -2.27. The second kappa shape index (κ2) is 7.58. The monoisotopic (exact) mass is 371 g/mol. The lowest BCUT2D eigenvalue weighted by atomic mass is 9.92. The highest BCUT2D eigenvalue weighted by Crippen LogP contribution is 2.41. The molecule has 1 aliphatic heterocycles. The molecule has 144 valence electrons. The number of quaternary nitrogens is 1. The third-order valence-corrected chi connectivity index (χ3v) is 4.94. The van der Waals surface area contributed by atoms with Crippen molar-refractivity contribution in [1.82, 2.24) is 0 Å². The molecule has 0 unspecified atom stereocenters. The molecule has 1 amide bonds. The van der Waals surface area contributed by atoms with Crippen molar-refractivity contribution < 1.29 is 25.1 Å². The molecule has 0 radical (unpaired) electrons. The normalized spacial score (nSPS) is 14.9. The number of aliphatic hydroxyl groups excluding tert-OH is 1. The molecule has 1 aliphatic rings. The lowest BCUT2D eigenvalue weighted by molar-refractivity contribution is -0.726. The van der Waals surface area contributed by atoms with Gasteiger partial charge in [0.2, 0.25) is 0 Å². The number of carbonyl (C=O) groups is 1. The number of amides is 1. The summed E-state index contributed by atoms with van der Waals surface area (Å²) in [6, 6.07) is 11.4. The molecule has 2 aromatic carbocycles. The van der Waals surface area contributed by atoms with E-state index in [1.54, 1.807) is 6.07 Å². The summed E-state index contributed by atoms with van der Waals surface area (Å²) in [5.41, 5.74) is 3.24. The second-order valence-electron chi connectivity index (χ2n) is 7.76. The van der Waals surface area contributed by atoms with Crippen LogP contribution in [0.4, 0.5) is 5.69 Å². The zero-order chi connectivity index (χ0) is 19.6. The average Bonchev–Trinajstić information content (AvgIpc) is 2.62. The van der Waals surface area contributed by atoms with Crippen molar-refractivity contribution >= 4 is 11.6 Å². The predicted molar refractivity (Wildman–Crippen MR) is 103 cm³/mol. The molecule has 0 saturated carbocycles. The summed E-state index contributed by atoms with van der Waals surface area (Å²) >= 11 is 0. The molecule has 1 heterocycles. The highest BCUT2D eigenvalue weighted by molar-refractivity contribution is 5.97. The molecular weight excluding hydrogens is 344 g/mol. The highest BCUT2D eigenvalue weighted by Gasteiger charge is 2.29. The molecule has 0 fully saturated rings. The maximum Gasteiger partial charge on any atom is 0.262 e. The van der Waals surface area contributed by atoms with Gasteiger partial charge in [-0.2, -0.15) is 0 Å². The Bertz CT molecular complexity index is 848. The van der Waals surface area contributed by atoms with Crippen molar-refractivity contribution in [3.05, 3.63) is 53.1 Å². The molecule has 5 N–H and O–H groups in total. The first-order valence-corrected chi connectivity index (χ1v) is 9.12. The van der Waals surface area contributed by atoms with Crippen LogP contribution >= 0.6 is 0 Å². The molecule has 27 heavy (non-hydrogen) atoms. The summed E-state index contributed by atoms with van der Waals surface area (Å²) in [4.78, 5) is 11.5. The first-order chi connectivity index (χ1) is 12.8. The number of rotatable bonds is 6. The van der Waals surface area contributed by atoms with Crippen molar-refractivity contribution in [2.45, 2.75) is 38.8 Å². The van der Waals surface area contributed by atoms with Crippen molar-refractivity contribution in [2.75, 3.05) is 18.5 Å². The summed E-state index contributed by atoms with van der Waals surface area (Å²) in [5.74, 6) is -0.0551. The summed E-state index contributed by atoms with van der Waals surface area (Å²) in [5, 5.41) is 25.4. The Morgan fingerprint density at radius 3 is 2.74 bits per heavy atom. The third kappa shape index (κ3) is 4.40. The maximum atomic E-state index is 11.5. The lowest BCUT2D eigenvalue weighted by Crippen LogP contribution is -2.96. The Morgan fingerprint density at radius 2 is 2.00 bits per heavy atom. The van der Waals surface area contributed by atoms with Crippen molar-refractivity contribution in [2.24, 2.45) is 0 Å². The van der Waals surface area contributed by atoms with E-state index in [9.17, 15) is 15.0 Å². The fraction of sp³-hybridized carbons (Fsp3) is 0.381. The topological polar surface area (TPSA) is 95.4 Å². The van der Waals surface area contributed by atoms with Crippen LogP contribution in [0.15, 0.2) is 36.4 Å². The number of ether oxygens (including phenoxy) is 1. The van der Waals surface area contributed by atoms with E-state index in [-0.39, 0.29) is 29.5 Å². The minimum absolute atomic E-state index is 0.0714. The minimum Gasteiger partial charge on any atom is -0.506 e. The number of aromatic hydroxyl groups is 1. The largest absolute Gasteiger partial charge is 0.506 e. The number of aryl methyl sites for hydroxylation is 1. The standard InChI is InChI=1S/C21H26N2O4/c1-13-6-4-5-7-14(13)10-21(2,3)22-11-17(25)15-8-9-16(24)19-20(15)27-12-18(26)23-19/h4-9,17,22,24-25H,10-12H2,1-3H3,(H,23,26)/p+1/t17-/m0/s1. The first kappa shape index (κ1) is 19.2. The molecule has 0 aliphatic carbocycles. The molecule has 3 rings (SSSR count). The molecule has 0 spiro atoms. The average molecular weight is 371 g/mol. The van der Waals surface area contributed by atoms with Crippen LogP contribution in [-0.2, 0) is 11.2 Å². The van der Waals surface area contributed by atoms with Gasteiger partial charge in [0.05, 0.1) is 5.54 Å². The third-order valence-electron chi connectivity index (χ3n) is 4.94. The van der Waals surface area contributed by atoms with Crippen LogP contribution < -0.4 is 15.4 Å². The number of phenolic OH excluding ortho intramolecular Hbond substituents is 1. The summed E-state index contributed by atoms with van der Waals surface area (Å²) in [6.45, 7) is 6.71. The van der Waals surface area contributed by atoms with Crippen LogP contribution in [0.1, 0.15) is 36.6 Å². The SMILES string of the molecule is Cc1ccccc1CC(C)(C)[NH2+]C[C@H](O)c1ccc(O)c2c1OCC(=O)N2. The highest BCUT2D eigenvalue weighted by atomic mass is 16.5. The second-order valence-corrected chi connectivity index (χ2v) is 7.76. The number of nitrogens with one attached hydrogen (secondary N) is 1. The van der Waals surface area contributed by atoms with E-state index < -0.39 is 6.10 Å². The van der Waals surface area contributed by atoms with Crippen LogP contribution in [-0.4, -0.2) is 34.8 Å². The van der Waals surface area contributed by atoms with Gasteiger partial charge in [0.25, 0.3) is 5.91 Å². The van der Waals surface area contributed by atoms with Gasteiger partial charge in [-0.15, -0.1) is 0 Å². The molecule has 6 nitrogen and oxygen atoms in total. The Kier molecular flexibility index (Phi) is 5.39. The van der Waals surface area contributed by atoms with Gasteiger partial charge >= 0.3 is 0 Å². The van der Waals surface area contributed by atoms with Gasteiger partial charge in [-0.25, -0.2) is 0 Å². The number of nitrogens with two attached hydrogens (primary N) is 1. The van der Waals surface area contributed by atoms with Gasteiger partial charge in [-0.1, -0.05) is 24.3 Å². The van der Waals surface area contributed by atoms with Gasteiger partial charge in [0.15, 0.2) is 12.4 Å². The zero-order valence-electron chi connectivity index (χ0n) is 16.0. The summed E-state index contributed by atoms with van der Waals surface area (Å²) in [6.07, 6.45) is 0.0950. The van der Waals surface area contributed by atoms with E-state index in [1.165, 1.54) is 17.2 Å². The predicted octanol–water partition coefficient (Wildman–Crippen LogP) is 1.65. The smallest absolute Gasteiger partial charge is 0.262 e. The molecule has 0 bridgehead atoms. The number of anilines is 1. The zero-order valence-corrected chi connectivity index (χ0v) is 16.0. The van der Waals surface area contributed by atoms with Crippen LogP contribution in [0, 0.1) is 6.92 Å². The minimum atomic E-state index is -0.787. The fourth-order valence-electron chi connectivity index (χ4n) is 3.37. The van der Waals surface area contributed by atoms with Crippen LogP contribution in [0.25, 0.3) is 0 Å². The van der Waals surface area contributed by atoms with E-state index >= 15 is 0 Å². The molecule has 0 saturated heterocycles. The number of fused-ring (bicyclic) bond motifs is 1. The van der Waals surface area contributed by atoms with Crippen LogP contribution in [0.5, 0.6) is 11.5 Å². The number of benzene rings is 2. The Hall–Kier alpha value is -2.57. The molecular formula is C21H27N2O4+. The summed E-state index contributed by atoms with van der Waals surface area (Å²) < 4.78 is 5.47. The quantitative estimate of drug-likeness (QED) is 0.581. The van der Waals surface area contributed by atoms with Crippen molar-refractivity contribution in [3.8, 4) is 11.5 Å². The van der Waals surface area contributed by atoms with Crippen molar-refractivity contribution in [1.29, 1.82) is 0 Å².